The van der Waals surface area contributed by atoms with Gasteiger partial charge in [-0.1, -0.05) is 0 Å². The zero-order chi connectivity index (χ0) is 12.4. The monoisotopic (exact) mass is 236 g/mol. The Bertz CT molecular complexity index is 434. The van der Waals surface area contributed by atoms with Crippen LogP contribution in [-0.4, -0.2) is 41.2 Å². The van der Waals surface area contributed by atoms with Crippen LogP contribution in [-0.2, 0) is 0 Å². The third-order valence-electron chi connectivity index (χ3n) is 2.52. The van der Waals surface area contributed by atoms with Crippen LogP contribution in [0.4, 0.5) is 0 Å². The second-order valence-electron chi connectivity index (χ2n) is 3.94. The highest BCUT2D eigenvalue weighted by molar-refractivity contribution is 6.58. The van der Waals surface area contributed by atoms with E-state index in [-0.39, 0.29) is 28.9 Å². The third kappa shape index (κ3) is 2.75. The molecule has 3 N–H and O–H groups in total. The van der Waals surface area contributed by atoms with Crippen LogP contribution < -0.4 is 15.5 Å². The predicted molar refractivity (Wildman–Crippen MR) is 61.1 cm³/mol. The minimum absolute atomic E-state index is 0.156. The van der Waals surface area contributed by atoms with E-state index in [1.165, 1.54) is 19.4 Å². The Morgan fingerprint density at radius 1 is 1.59 bits per heavy atom. The number of methoxy groups -OCH3 is 1. The lowest BCUT2D eigenvalue weighted by atomic mass is 9.81. The van der Waals surface area contributed by atoms with E-state index in [1.54, 1.807) is 0 Å². The maximum absolute atomic E-state index is 11.8. The number of rotatable bonds is 4. The van der Waals surface area contributed by atoms with E-state index in [2.05, 4.69) is 10.3 Å². The van der Waals surface area contributed by atoms with Crippen LogP contribution in [0.1, 0.15) is 23.3 Å². The molecule has 1 aliphatic rings. The summed E-state index contributed by atoms with van der Waals surface area (Å²) in [6.45, 7) is 0. The number of hydrogen-bond donors (Lipinski definition) is 3. The first-order valence-electron chi connectivity index (χ1n) is 5.32. The highest BCUT2D eigenvalue weighted by Gasteiger charge is 2.26. The van der Waals surface area contributed by atoms with Crippen molar-refractivity contribution in [1.29, 1.82) is 0 Å². The predicted octanol–water partition coefficient (Wildman–Crippen LogP) is -1.34. The Balaban J connectivity index is 2.23. The molecule has 1 heterocycles. The number of hydrogen-bond acceptors (Lipinski definition) is 5. The van der Waals surface area contributed by atoms with Gasteiger partial charge in [-0.3, -0.25) is 4.79 Å². The molecule has 0 aromatic carbocycles. The summed E-state index contributed by atoms with van der Waals surface area (Å²) in [7, 11) is -0.227. The fourth-order valence-electron chi connectivity index (χ4n) is 1.41. The van der Waals surface area contributed by atoms with E-state index in [9.17, 15) is 4.79 Å². The van der Waals surface area contributed by atoms with Gasteiger partial charge in [0.2, 0.25) is 0 Å². The summed E-state index contributed by atoms with van der Waals surface area (Å²) in [5.41, 5.74) is 0.341. The number of nitrogens with zero attached hydrogens (tertiary/aromatic N) is 1. The number of carbonyl (C=O) groups excluding carboxylic acids is 1. The summed E-state index contributed by atoms with van der Waals surface area (Å²) in [4.78, 5) is 15.7. The number of pyridine rings is 1. The average Bonchev–Trinajstić information content (AvgIpc) is 3.11. The molecule has 0 radical (unpaired) electrons. The van der Waals surface area contributed by atoms with Gasteiger partial charge in [0.1, 0.15) is 5.75 Å². The molecule has 1 aliphatic carbocycles. The van der Waals surface area contributed by atoms with Crippen LogP contribution in [0.25, 0.3) is 0 Å². The highest BCUT2D eigenvalue weighted by Crippen LogP contribution is 2.21. The summed E-state index contributed by atoms with van der Waals surface area (Å²) >= 11 is 0. The van der Waals surface area contributed by atoms with E-state index in [0.29, 0.717) is 0 Å². The minimum atomic E-state index is -1.63. The number of amides is 1. The molecule has 7 heteroatoms. The Labute approximate surface area is 98.8 Å². The first-order chi connectivity index (χ1) is 8.11. The van der Waals surface area contributed by atoms with Gasteiger partial charge in [-0.05, 0) is 18.9 Å². The zero-order valence-corrected chi connectivity index (χ0v) is 9.38. The first kappa shape index (κ1) is 11.9. The topological polar surface area (TPSA) is 91.7 Å². The molecule has 90 valence electrons. The minimum Gasteiger partial charge on any atom is -0.494 e. The van der Waals surface area contributed by atoms with Crippen molar-refractivity contribution in [2.24, 2.45) is 0 Å². The molecule has 1 aromatic heterocycles. The molecular weight excluding hydrogens is 223 g/mol. The highest BCUT2D eigenvalue weighted by atomic mass is 16.5. The molecule has 17 heavy (non-hydrogen) atoms. The molecular formula is C10H13BN2O4. The summed E-state index contributed by atoms with van der Waals surface area (Å²) in [5, 5.41) is 20.8. The lowest BCUT2D eigenvalue weighted by molar-refractivity contribution is 0.0942. The van der Waals surface area contributed by atoms with E-state index >= 15 is 0 Å². The van der Waals surface area contributed by atoms with Crippen molar-refractivity contribution in [3.05, 3.63) is 18.0 Å². The zero-order valence-electron chi connectivity index (χ0n) is 9.38. The van der Waals surface area contributed by atoms with E-state index < -0.39 is 7.12 Å². The van der Waals surface area contributed by atoms with Gasteiger partial charge in [-0.25, -0.2) is 4.98 Å². The number of ether oxygens (including phenoxy) is 1. The van der Waals surface area contributed by atoms with Crippen molar-refractivity contribution >= 4 is 18.5 Å². The molecule has 1 fully saturated rings. The van der Waals surface area contributed by atoms with Crippen LogP contribution in [0.5, 0.6) is 5.75 Å². The molecule has 6 nitrogen and oxygen atoms in total. The molecule has 0 unspecified atom stereocenters. The molecule has 0 saturated heterocycles. The summed E-state index contributed by atoms with van der Waals surface area (Å²) in [6, 6.07) is 1.62. The van der Waals surface area contributed by atoms with Crippen LogP contribution in [0.2, 0.25) is 0 Å². The van der Waals surface area contributed by atoms with Crippen LogP contribution >= 0.6 is 0 Å². The van der Waals surface area contributed by atoms with Gasteiger partial charge in [-0.2, -0.15) is 0 Å². The van der Waals surface area contributed by atoms with E-state index in [1.807, 2.05) is 0 Å². The molecule has 1 aromatic rings. The van der Waals surface area contributed by atoms with Crippen molar-refractivity contribution in [1.82, 2.24) is 10.3 Å². The van der Waals surface area contributed by atoms with Gasteiger partial charge >= 0.3 is 7.12 Å². The van der Waals surface area contributed by atoms with Gasteiger partial charge in [0, 0.05) is 17.7 Å². The molecule has 1 saturated carbocycles. The smallest absolute Gasteiger partial charge is 0.490 e. The number of aromatic nitrogens is 1. The Morgan fingerprint density at radius 2 is 2.29 bits per heavy atom. The maximum atomic E-state index is 11.8. The summed E-state index contributed by atoms with van der Waals surface area (Å²) in [5.74, 6) is -0.0721. The summed E-state index contributed by atoms with van der Waals surface area (Å²) in [6.07, 6.45) is 3.22. The molecule has 2 rings (SSSR count). The number of carbonyl (C=O) groups is 1. The Hall–Kier alpha value is -1.60. The molecule has 1 amide bonds. The molecule has 0 aliphatic heterocycles. The van der Waals surface area contributed by atoms with Gasteiger partial charge in [0.15, 0.2) is 5.69 Å². The van der Waals surface area contributed by atoms with Gasteiger partial charge in [0.25, 0.3) is 5.91 Å². The molecule has 0 atom stereocenters. The van der Waals surface area contributed by atoms with Gasteiger partial charge < -0.3 is 20.1 Å². The Morgan fingerprint density at radius 3 is 2.82 bits per heavy atom. The second-order valence-corrected chi connectivity index (χ2v) is 3.94. The quantitative estimate of drug-likeness (QED) is 0.563. The first-order valence-corrected chi connectivity index (χ1v) is 5.32. The van der Waals surface area contributed by atoms with E-state index in [0.717, 1.165) is 12.8 Å². The SMILES string of the molecule is COc1cc(B(O)O)cnc1C(=O)NC1CC1. The van der Waals surface area contributed by atoms with Crippen LogP contribution in [0.15, 0.2) is 12.3 Å². The van der Waals surface area contributed by atoms with Crippen molar-refractivity contribution in [2.75, 3.05) is 7.11 Å². The van der Waals surface area contributed by atoms with Crippen molar-refractivity contribution in [2.45, 2.75) is 18.9 Å². The van der Waals surface area contributed by atoms with Gasteiger partial charge in [-0.15, -0.1) is 0 Å². The Kier molecular flexibility index (Phi) is 3.30. The molecule has 0 spiro atoms. The average molecular weight is 236 g/mol. The van der Waals surface area contributed by atoms with E-state index in [4.69, 9.17) is 14.8 Å². The fourth-order valence-corrected chi connectivity index (χ4v) is 1.41. The number of nitrogens with one attached hydrogen (secondary N) is 1. The second kappa shape index (κ2) is 4.73. The maximum Gasteiger partial charge on any atom is 0.490 e. The standard InChI is InChI=1S/C10H13BN2O4/c1-17-8-4-6(11(15)16)5-12-9(8)10(14)13-7-2-3-7/h4-5,7,15-16H,2-3H2,1H3,(H,13,14). The van der Waals surface area contributed by atoms with Crippen LogP contribution in [0, 0.1) is 0 Å². The van der Waals surface area contributed by atoms with Crippen LogP contribution in [0.3, 0.4) is 0 Å². The van der Waals surface area contributed by atoms with Crippen molar-refractivity contribution in [3.63, 3.8) is 0 Å². The summed E-state index contributed by atoms with van der Waals surface area (Å²) < 4.78 is 5.01. The van der Waals surface area contributed by atoms with Gasteiger partial charge in [0.05, 0.1) is 7.11 Å². The lowest BCUT2D eigenvalue weighted by Gasteiger charge is -2.09. The largest absolute Gasteiger partial charge is 0.494 e. The molecule has 0 bridgehead atoms. The third-order valence-corrected chi connectivity index (χ3v) is 2.52. The van der Waals surface area contributed by atoms with Crippen molar-refractivity contribution in [3.8, 4) is 5.75 Å². The van der Waals surface area contributed by atoms with Crippen molar-refractivity contribution < 1.29 is 19.6 Å². The fraction of sp³-hybridized carbons (Fsp3) is 0.400. The normalized spacial score (nSPS) is 14.3. The lowest BCUT2D eigenvalue weighted by Crippen LogP contribution is -2.32.